The molecular weight excluding hydrogens is 368 g/mol. The molecule has 0 fully saturated rings. The molecule has 0 aliphatic heterocycles. The molecule has 2 heterocycles. The van der Waals surface area contributed by atoms with Gasteiger partial charge in [0.2, 0.25) is 0 Å². The summed E-state index contributed by atoms with van der Waals surface area (Å²) in [5.41, 5.74) is 1.000. The highest BCUT2D eigenvalue weighted by molar-refractivity contribution is 7.98. The van der Waals surface area contributed by atoms with E-state index in [4.69, 9.17) is 16.6 Å². The molecule has 0 aliphatic rings. The van der Waals surface area contributed by atoms with Crippen molar-refractivity contribution in [3.8, 4) is 0 Å². The summed E-state index contributed by atoms with van der Waals surface area (Å²) in [5, 5.41) is 6.16. The summed E-state index contributed by atoms with van der Waals surface area (Å²) in [6, 6.07) is 16.5. The minimum atomic E-state index is 0.161. The van der Waals surface area contributed by atoms with Crippen LogP contribution in [0.25, 0.3) is 0 Å². The van der Waals surface area contributed by atoms with Crippen molar-refractivity contribution in [1.29, 1.82) is 0 Å². The first-order valence-electron chi connectivity index (χ1n) is 7.95. The van der Waals surface area contributed by atoms with E-state index >= 15 is 0 Å². The Balaban J connectivity index is 1.80. The van der Waals surface area contributed by atoms with Gasteiger partial charge in [-0.3, -0.25) is 0 Å². The topological polar surface area (TPSA) is 28.4 Å². The highest BCUT2D eigenvalue weighted by Gasteiger charge is 2.21. The molecule has 0 aliphatic carbocycles. The van der Waals surface area contributed by atoms with Crippen LogP contribution in [0, 0.1) is 0 Å². The number of furan rings is 1. The van der Waals surface area contributed by atoms with E-state index in [0.717, 1.165) is 11.4 Å². The summed E-state index contributed by atoms with van der Waals surface area (Å²) in [6.07, 6.45) is 3.77. The summed E-state index contributed by atoms with van der Waals surface area (Å²) in [6.45, 7) is 2.79. The van der Waals surface area contributed by atoms with Crippen molar-refractivity contribution in [2.24, 2.45) is 0 Å². The largest absolute Gasteiger partial charge is 0.467 e. The fourth-order valence-electron chi connectivity index (χ4n) is 2.53. The van der Waals surface area contributed by atoms with Crippen molar-refractivity contribution in [2.75, 3.05) is 11.6 Å². The minimum Gasteiger partial charge on any atom is -0.467 e. The zero-order chi connectivity index (χ0) is 17.6. The van der Waals surface area contributed by atoms with Crippen LogP contribution in [-0.4, -0.2) is 16.3 Å². The van der Waals surface area contributed by atoms with Crippen molar-refractivity contribution in [2.45, 2.75) is 24.4 Å². The van der Waals surface area contributed by atoms with Crippen LogP contribution in [-0.2, 0) is 6.54 Å². The maximum absolute atomic E-state index is 5.73. The van der Waals surface area contributed by atoms with Crippen molar-refractivity contribution < 1.29 is 4.42 Å². The molecule has 0 spiro atoms. The van der Waals surface area contributed by atoms with Gasteiger partial charge in [0.05, 0.1) is 18.8 Å². The Labute approximate surface area is 162 Å². The van der Waals surface area contributed by atoms with Crippen LogP contribution in [0.1, 0.15) is 23.6 Å². The summed E-state index contributed by atoms with van der Waals surface area (Å²) >= 11 is 9.19. The smallest absolute Gasteiger partial charge is 0.174 e. The first-order valence-corrected chi connectivity index (χ1v) is 10.5. The second kappa shape index (κ2) is 8.56. The lowest BCUT2D eigenvalue weighted by Crippen LogP contribution is -2.36. The van der Waals surface area contributed by atoms with Gasteiger partial charge in [0.25, 0.3) is 0 Å². The molecule has 1 atom stereocenters. The fourth-order valence-corrected chi connectivity index (χ4v) is 4.13. The Bertz CT molecular complexity index is 800. The maximum Gasteiger partial charge on any atom is 0.174 e. The number of hydrogen-bond acceptors (Lipinski definition) is 4. The standard InChI is InChI=1S/C19H20N2OS3/c1-14(18-9-5-11-25-18)21(13-16-7-4-10-22-16)19(23)20-15-6-3-8-17(12-15)24-2/h3-12,14H,13H2,1-2H3,(H,20,23)/t14-/m0/s1. The van der Waals surface area contributed by atoms with E-state index in [9.17, 15) is 0 Å². The van der Waals surface area contributed by atoms with Crippen LogP contribution in [0.5, 0.6) is 0 Å². The molecule has 6 heteroatoms. The van der Waals surface area contributed by atoms with Crippen LogP contribution in [0.3, 0.4) is 0 Å². The molecule has 25 heavy (non-hydrogen) atoms. The van der Waals surface area contributed by atoms with Crippen LogP contribution in [0.2, 0.25) is 0 Å². The quantitative estimate of drug-likeness (QED) is 0.412. The summed E-state index contributed by atoms with van der Waals surface area (Å²) in [5.74, 6) is 0.894. The molecule has 3 nitrogen and oxygen atoms in total. The normalized spacial score (nSPS) is 11.9. The Morgan fingerprint density at radius 1 is 1.28 bits per heavy atom. The second-order valence-corrected chi connectivity index (χ2v) is 7.81. The van der Waals surface area contributed by atoms with Gasteiger partial charge in [-0.1, -0.05) is 12.1 Å². The Hall–Kier alpha value is -1.76. The van der Waals surface area contributed by atoms with E-state index in [1.807, 2.05) is 24.3 Å². The number of nitrogens with one attached hydrogen (secondary N) is 1. The Morgan fingerprint density at radius 3 is 2.84 bits per heavy atom. The molecule has 3 aromatic rings. The Kier molecular flexibility index (Phi) is 6.18. The third-order valence-corrected chi connectivity index (χ3v) is 6.02. The molecule has 130 valence electrons. The van der Waals surface area contributed by atoms with E-state index in [1.54, 1.807) is 29.4 Å². The van der Waals surface area contributed by atoms with Crippen LogP contribution < -0.4 is 5.32 Å². The number of thiophene rings is 1. The molecule has 0 unspecified atom stereocenters. The fraction of sp³-hybridized carbons (Fsp3) is 0.211. The lowest BCUT2D eigenvalue weighted by atomic mass is 10.2. The summed E-state index contributed by atoms with van der Waals surface area (Å²) < 4.78 is 5.54. The van der Waals surface area contributed by atoms with Crippen molar-refractivity contribution >= 4 is 46.1 Å². The van der Waals surface area contributed by atoms with Gasteiger partial charge in [-0.15, -0.1) is 23.1 Å². The third-order valence-electron chi connectivity index (χ3n) is 3.91. The summed E-state index contributed by atoms with van der Waals surface area (Å²) in [4.78, 5) is 4.64. The highest BCUT2D eigenvalue weighted by atomic mass is 32.2. The molecule has 0 bridgehead atoms. The van der Waals surface area contributed by atoms with E-state index in [-0.39, 0.29) is 6.04 Å². The first-order chi connectivity index (χ1) is 12.2. The van der Waals surface area contributed by atoms with Gasteiger partial charge in [-0.2, -0.15) is 0 Å². The first kappa shape index (κ1) is 18.0. The molecule has 3 rings (SSSR count). The van der Waals surface area contributed by atoms with Crippen LogP contribution in [0.15, 0.2) is 69.5 Å². The molecular formula is C19H20N2OS3. The average Bonchev–Trinajstić information content (AvgIpc) is 3.33. The maximum atomic E-state index is 5.73. The molecule has 1 aromatic carbocycles. The van der Waals surface area contributed by atoms with Gasteiger partial charge < -0.3 is 14.6 Å². The van der Waals surface area contributed by atoms with E-state index in [1.165, 1.54) is 9.77 Å². The van der Waals surface area contributed by atoms with Gasteiger partial charge in [-0.05, 0) is 67.2 Å². The third kappa shape index (κ3) is 4.66. The zero-order valence-electron chi connectivity index (χ0n) is 14.1. The number of rotatable bonds is 6. The van der Waals surface area contributed by atoms with Gasteiger partial charge in [-0.25, -0.2) is 0 Å². The average molecular weight is 389 g/mol. The molecule has 0 saturated heterocycles. The van der Waals surface area contributed by atoms with Gasteiger partial charge in [0.15, 0.2) is 5.11 Å². The van der Waals surface area contributed by atoms with E-state index in [2.05, 4.69) is 53.0 Å². The number of benzene rings is 1. The predicted molar refractivity (Wildman–Crippen MR) is 111 cm³/mol. The SMILES string of the molecule is CSc1cccc(NC(=S)N(Cc2ccco2)[C@@H](C)c2cccs2)c1. The number of hydrogen-bond donors (Lipinski definition) is 1. The van der Waals surface area contributed by atoms with Crippen molar-refractivity contribution in [3.63, 3.8) is 0 Å². The Morgan fingerprint density at radius 2 is 2.16 bits per heavy atom. The zero-order valence-corrected chi connectivity index (χ0v) is 16.6. The number of thiocarbonyl (C=S) groups is 1. The summed E-state index contributed by atoms with van der Waals surface area (Å²) in [7, 11) is 0. The molecule has 1 N–H and O–H groups in total. The minimum absolute atomic E-state index is 0.161. The van der Waals surface area contributed by atoms with Crippen LogP contribution >= 0.6 is 35.3 Å². The van der Waals surface area contributed by atoms with E-state index in [0.29, 0.717) is 11.7 Å². The van der Waals surface area contributed by atoms with Crippen molar-refractivity contribution in [3.05, 3.63) is 70.8 Å². The van der Waals surface area contributed by atoms with Crippen molar-refractivity contribution in [1.82, 2.24) is 4.90 Å². The lowest BCUT2D eigenvalue weighted by molar-refractivity contribution is 0.306. The highest BCUT2D eigenvalue weighted by Crippen LogP contribution is 2.28. The van der Waals surface area contributed by atoms with Gasteiger partial charge in [0.1, 0.15) is 5.76 Å². The molecule has 0 saturated carbocycles. The van der Waals surface area contributed by atoms with Gasteiger partial charge >= 0.3 is 0 Å². The van der Waals surface area contributed by atoms with Gasteiger partial charge in [0, 0.05) is 15.5 Å². The van der Waals surface area contributed by atoms with Crippen LogP contribution in [0.4, 0.5) is 5.69 Å². The lowest BCUT2D eigenvalue weighted by Gasteiger charge is -2.30. The monoisotopic (exact) mass is 388 g/mol. The number of nitrogens with zero attached hydrogens (tertiary/aromatic N) is 1. The molecule has 0 radical (unpaired) electrons. The molecule has 2 aromatic heterocycles. The number of thioether (sulfide) groups is 1. The number of anilines is 1. The van der Waals surface area contributed by atoms with E-state index < -0.39 is 0 Å². The predicted octanol–water partition coefficient (Wildman–Crippen LogP) is 6.02. The molecule has 0 amide bonds. The second-order valence-electron chi connectivity index (χ2n) is 5.56.